The van der Waals surface area contributed by atoms with Gasteiger partial charge in [-0.3, -0.25) is 4.99 Å². The maximum atomic E-state index is 7.03. The number of furan rings is 1. The zero-order valence-electron chi connectivity index (χ0n) is 28.3. The number of benzene rings is 7. The highest BCUT2D eigenvalue weighted by molar-refractivity contribution is 6.37. The Labute approximate surface area is 302 Å². The van der Waals surface area contributed by atoms with Crippen molar-refractivity contribution in [3.8, 4) is 22.3 Å². The second kappa shape index (κ2) is 13.2. The quantitative estimate of drug-likeness (QED) is 0.178. The third-order valence-corrected chi connectivity index (χ3v) is 10.5. The van der Waals surface area contributed by atoms with E-state index in [2.05, 4.69) is 146 Å². The van der Waals surface area contributed by atoms with Gasteiger partial charge in [-0.05, 0) is 87.2 Å². The molecule has 1 aromatic heterocycles. The standard InChI is InChI=1S/C47H35ClN2O/c1-30-19-25-42(38-28-40-44-39-18-9-8-15-34(39)24-26-43(44)51-46(40)41(48)29-38)49-47(37-17-10-16-36(27-37)32-13-6-3-7-14-32)50-45(30)35-22-20-33(21-23-35)31-11-4-2-5-12-31/h2-18,20-24,26-30,45H,19,25H2,1H3/b49-42+,50-47-. The molecule has 0 spiro atoms. The van der Waals surface area contributed by atoms with E-state index in [4.69, 9.17) is 26.0 Å². The van der Waals surface area contributed by atoms with Crippen LogP contribution in [0.4, 0.5) is 0 Å². The first-order valence-electron chi connectivity index (χ1n) is 17.6. The van der Waals surface area contributed by atoms with Crippen LogP contribution in [0.25, 0.3) is 55.0 Å². The van der Waals surface area contributed by atoms with Gasteiger partial charge in [0.05, 0.1) is 16.8 Å². The van der Waals surface area contributed by atoms with Gasteiger partial charge in [-0.2, -0.15) is 0 Å². The highest BCUT2D eigenvalue weighted by Crippen LogP contribution is 2.40. The summed E-state index contributed by atoms with van der Waals surface area (Å²) in [6.07, 6.45) is 1.71. The lowest BCUT2D eigenvalue weighted by Crippen LogP contribution is -2.18. The van der Waals surface area contributed by atoms with Crippen molar-refractivity contribution in [2.24, 2.45) is 15.9 Å². The van der Waals surface area contributed by atoms with Gasteiger partial charge in [0, 0.05) is 16.3 Å². The van der Waals surface area contributed by atoms with Gasteiger partial charge in [0.2, 0.25) is 0 Å². The van der Waals surface area contributed by atoms with Crippen LogP contribution in [0.3, 0.4) is 0 Å². The van der Waals surface area contributed by atoms with E-state index in [1.807, 2.05) is 18.2 Å². The summed E-state index contributed by atoms with van der Waals surface area (Å²) in [5.41, 5.74) is 10.4. The molecule has 3 nitrogen and oxygen atoms in total. The average Bonchev–Trinajstić information content (AvgIpc) is 3.57. The number of halogens is 1. The zero-order chi connectivity index (χ0) is 34.3. The molecule has 0 saturated carbocycles. The second-order valence-corrected chi connectivity index (χ2v) is 13.9. The van der Waals surface area contributed by atoms with Crippen molar-refractivity contribution in [1.82, 2.24) is 0 Å². The second-order valence-electron chi connectivity index (χ2n) is 13.5. The molecule has 9 rings (SSSR count). The molecule has 1 aliphatic heterocycles. The molecule has 51 heavy (non-hydrogen) atoms. The first-order chi connectivity index (χ1) is 25.1. The molecule has 4 heteroatoms. The number of amidine groups is 1. The van der Waals surface area contributed by atoms with Crippen LogP contribution < -0.4 is 0 Å². The molecule has 0 bridgehead atoms. The number of rotatable bonds is 5. The summed E-state index contributed by atoms with van der Waals surface area (Å²) in [7, 11) is 0. The molecule has 2 atom stereocenters. The summed E-state index contributed by atoms with van der Waals surface area (Å²) in [5, 5.41) is 4.98. The van der Waals surface area contributed by atoms with Gasteiger partial charge in [0.1, 0.15) is 5.58 Å². The van der Waals surface area contributed by atoms with E-state index in [1.165, 1.54) is 22.1 Å². The molecule has 2 unspecified atom stereocenters. The number of nitrogens with zero attached hydrogens (tertiary/aromatic N) is 2. The molecule has 246 valence electrons. The van der Waals surface area contributed by atoms with Crippen molar-refractivity contribution in [1.29, 1.82) is 0 Å². The van der Waals surface area contributed by atoms with Gasteiger partial charge in [0.25, 0.3) is 0 Å². The lowest BCUT2D eigenvalue weighted by atomic mass is 9.87. The summed E-state index contributed by atoms with van der Waals surface area (Å²) in [6.45, 7) is 2.31. The van der Waals surface area contributed by atoms with Gasteiger partial charge in [-0.15, -0.1) is 0 Å². The van der Waals surface area contributed by atoms with Crippen molar-refractivity contribution in [2.45, 2.75) is 25.8 Å². The van der Waals surface area contributed by atoms with Crippen molar-refractivity contribution >= 4 is 55.9 Å². The van der Waals surface area contributed by atoms with Crippen LogP contribution in [0.2, 0.25) is 5.02 Å². The first-order valence-corrected chi connectivity index (χ1v) is 18.0. The number of fused-ring (bicyclic) bond motifs is 5. The molecule has 0 N–H and O–H groups in total. The fraction of sp³-hybridized carbons (Fsp3) is 0.106. The van der Waals surface area contributed by atoms with Crippen LogP contribution in [0.15, 0.2) is 172 Å². The highest BCUT2D eigenvalue weighted by Gasteiger charge is 2.25. The van der Waals surface area contributed by atoms with Gasteiger partial charge in [0.15, 0.2) is 11.4 Å². The minimum atomic E-state index is -0.0502. The monoisotopic (exact) mass is 678 g/mol. The van der Waals surface area contributed by atoms with Crippen molar-refractivity contribution < 1.29 is 4.42 Å². The van der Waals surface area contributed by atoms with Crippen LogP contribution in [0, 0.1) is 5.92 Å². The maximum absolute atomic E-state index is 7.03. The summed E-state index contributed by atoms with van der Waals surface area (Å²) in [5.74, 6) is 0.994. The predicted octanol–water partition coefficient (Wildman–Crippen LogP) is 13.1. The molecule has 2 heterocycles. The smallest absolute Gasteiger partial charge is 0.155 e. The Hall–Kier alpha value is -5.77. The average molecular weight is 679 g/mol. The first kappa shape index (κ1) is 31.2. The Bertz CT molecular complexity index is 2600. The molecule has 0 radical (unpaired) electrons. The molecule has 0 saturated heterocycles. The van der Waals surface area contributed by atoms with Crippen molar-refractivity contribution in [3.05, 3.63) is 179 Å². The third-order valence-electron chi connectivity index (χ3n) is 10.2. The van der Waals surface area contributed by atoms with Gasteiger partial charge in [-0.1, -0.05) is 152 Å². The Balaban J connectivity index is 1.20. The summed E-state index contributed by atoms with van der Waals surface area (Å²) >= 11 is 7.03. The molecule has 0 fully saturated rings. The number of hydrogen-bond donors (Lipinski definition) is 0. The predicted molar refractivity (Wildman–Crippen MR) is 214 cm³/mol. The summed E-state index contributed by atoms with van der Waals surface area (Å²) < 4.78 is 6.35. The zero-order valence-corrected chi connectivity index (χ0v) is 29.0. The fourth-order valence-corrected chi connectivity index (χ4v) is 7.75. The lowest BCUT2D eigenvalue weighted by Gasteiger charge is -2.25. The van der Waals surface area contributed by atoms with E-state index in [9.17, 15) is 0 Å². The normalized spacial score (nSPS) is 18.5. The van der Waals surface area contributed by atoms with Gasteiger partial charge >= 0.3 is 0 Å². The molecule has 7 aromatic carbocycles. The van der Waals surface area contributed by atoms with Crippen LogP contribution in [-0.4, -0.2) is 11.5 Å². The lowest BCUT2D eigenvalue weighted by molar-refractivity contribution is 0.446. The van der Waals surface area contributed by atoms with Crippen molar-refractivity contribution in [3.63, 3.8) is 0 Å². The van der Waals surface area contributed by atoms with Crippen LogP contribution >= 0.6 is 11.6 Å². The van der Waals surface area contributed by atoms with Crippen LogP contribution in [-0.2, 0) is 0 Å². The van der Waals surface area contributed by atoms with E-state index in [1.54, 1.807) is 0 Å². The van der Waals surface area contributed by atoms with Gasteiger partial charge < -0.3 is 4.42 Å². The molecule has 8 aromatic rings. The minimum Gasteiger partial charge on any atom is -0.454 e. The van der Waals surface area contributed by atoms with Crippen LogP contribution in [0.5, 0.6) is 0 Å². The molecule has 1 aliphatic rings. The third kappa shape index (κ3) is 5.94. The fourth-order valence-electron chi connectivity index (χ4n) is 7.49. The Morgan fingerprint density at radius 2 is 1.25 bits per heavy atom. The molecule has 0 amide bonds. The molecular formula is C47H35ClN2O. The van der Waals surface area contributed by atoms with Gasteiger partial charge in [-0.25, -0.2) is 4.99 Å². The molecular weight excluding hydrogens is 644 g/mol. The SMILES string of the molecule is CC1CC/C(c2cc(Cl)c3oc4ccc5ccccc5c4c3c2)=N\C(c2cccc(-c3ccccc3)c2)=N/C1c1ccc(-c2ccccc2)cc1. The Morgan fingerprint density at radius 1 is 0.588 bits per heavy atom. The van der Waals surface area contributed by atoms with E-state index in [0.717, 1.165) is 68.4 Å². The number of hydrogen-bond acceptors (Lipinski definition) is 3. The number of aliphatic imine (C=N–C) groups is 2. The molecule has 0 aliphatic carbocycles. The summed E-state index contributed by atoms with van der Waals surface area (Å²) in [6, 6.07) is 55.2. The highest BCUT2D eigenvalue weighted by atomic mass is 35.5. The maximum Gasteiger partial charge on any atom is 0.155 e. The minimum absolute atomic E-state index is 0.0502. The van der Waals surface area contributed by atoms with E-state index in [-0.39, 0.29) is 12.0 Å². The Morgan fingerprint density at radius 3 is 2.04 bits per heavy atom. The van der Waals surface area contributed by atoms with E-state index in [0.29, 0.717) is 10.6 Å². The van der Waals surface area contributed by atoms with Crippen LogP contribution in [0.1, 0.15) is 42.5 Å². The van der Waals surface area contributed by atoms with E-state index >= 15 is 0 Å². The Kier molecular flexibility index (Phi) is 8.06. The van der Waals surface area contributed by atoms with E-state index < -0.39 is 0 Å². The van der Waals surface area contributed by atoms with Crippen molar-refractivity contribution in [2.75, 3.05) is 0 Å². The largest absolute Gasteiger partial charge is 0.454 e. The topological polar surface area (TPSA) is 37.9 Å². The summed E-state index contributed by atoms with van der Waals surface area (Å²) in [4.78, 5) is 11.0.